The van der Waals surface area contributed by atoms with Crippen LogP contribution >= 0.6 is 23.4 Å². The number of ether oxygens (including phenoxy) is 1. The molecule has 8 nitrogen and oxygen atoms in total. The Bertz CT molecular complexity index is 1100. The molecule has 1 saturated heterocycles. The fourth-order valence-electron chi connectivity index (χ4n) is 2.68. The lowest BCUT2D eigenvalue weighted by Crippen LogP contribution is -2.36. The minimum absolute atomic E-state index is 0.126. The topological polar surface area (TPSA) is 119 Å². The molecule has 0 aliphatic carbocycles. The lowest BCUT2D eigenvalue weighted by atomic mass is 10.2. The van der Waals surface area contributed by atoms with Gasteiger partial charge in [-0.05, 0) is 48.5 Å². The molecular weight excluding hydrogens is 442 g/mol. The van der Waals surface area contributed by atoms with Crippen molar-refractivity contribution in [1.29, 1.82) is 0 Å². The van der Waals surface area contributed by atoms with Gasteiger partial charge in [-0.15, -0.1) is 0 Å². The first-order valence-electron chi connectivity index (χ1n) is 9.06. The van der Waals surface area contributed by atoms with Crippen LogP contribution in [0.1, 0.15) is 11.1 Å². The Morgan fingerprint density at radius 3 is 2.68 bits per heavy atom. The minimum Gasteiger partial charge on any atom is -0.483 e. The van der Waals surface area contributed by atoms with Crippen LogP contribution in [-0.2, 0) is 14.4 Å². The quantitative estimate of drug-likeness (QED) is 0.614. The average molecular weight is 460 g/mol. The summed E-state index contributed by atoms with van der Waals surface area (Å²) in [5.41, 5.74) is 7.01. The van der Waals surface area contributed by atoms with E-state index in [1.54, 1.807) is 42.5 Å². The van der Waals surface area contributed by atoms with E-state index >= 15 is 0 Å². The molecule has 31 heavy (non-hydrogen) atoms. The van der Waals surface area contributed by atoms with E-state index < -0.39 is 29.5 Å². The molecule has 160 valence electrons. The fraction of sp³-hybridized carbons (Fsp3) is 0.143. The number of benzene rings is 2. The van der Waals surface area contributed by atoms with Gasteiger partial charge in [0.1, 0.15) is 12.3 Å². The van der Waals surface area contributed by atoms with Crippen molar-refractivity contribution in [3.8, 4) is 5.75 Å². The van der Waals surface area contributed by atoms with Crippen LogP contribution in [0.4, 0.5) is 10.5 Å². The number of hydrogen-bond donors (Lipinski definition) is 2. The van der Waals surface area contributed by atoms with Crippen LogP contribution in [0.25, 0.3) is 6.08 Å². The SMILES string of the molecule is Cc1ccc(NC(=O)COc2ccccc2/C=C2\SC(=O)N(CC(N)=O)C2=O)cc1Cl. The number of rotatable bonds is 7. The van der Waals surface area contributed by atoms with Crippen LogP contribution in [0.15, 0.2) is 47.4 Å². The number of carbonyl (C=O) groups is 4. The molecule has 0 atom stereocenters. The Labute approximate surface area is 187 Å². The number of nitrogens with one attached hydrogen (secondary N) is 1. The van der Waals surface area contributed by atoms with Crippen molar-refractivity contribution in [3.63, 3.8) is 0 Å². The third-order valence-corrected chi connectivity index (χ3v) is 5.52. The maximum Gasteiger partial charge on any atom is 0.294 e. The summed E-state index contributed by atoms with van der Waals surface area (Å²) in [4.78, 5) is 48.5. The van der Waals surface area contributed by atoms with E-state index in [1.807, 2.05) is 6.92 Å². The van der Waals surface area contributed by atoms with Crippen molar-refractivity contribution in [2.24, 2.45) is 5.73 Å². The van der Waals surface area contributed by atoms with Gasteiger partial charge in [-0.25, -0.2) is 0 Å². The van der Waals surface area contributed by atoms with Gasteiger partial charge in [-0.1, -0.05) is 35.9 Å². The van der Waals surface area contributed by atoms with Gasteiger partial charge in [-0.3, -0.25) is 24.1 Å². The second-order valence-electron chi connectivity index (χ2n) is 6.57. The highest BCUT2D eigenvalue weighted by Gasteiger charge is 2.36. The molecule has 0 aromatic heterocycles. The van der Waals surface area contributed by atoms with E-state index in [-0.39, 0.29) is 11.5 Å². The lowest BCUT2D eigenvalue weighted by Gasteiger charge is -2.11. The van der Waals surface area contributed by atoms with Crippen molar-refractivity contribution in [2.75, 3.05) is 18.5 Å². The summed E-state index contributed by atoms with van der Waals surface area (Å²) in [6, 6.07) is 11.9. The summed E-state index contributed by atoms with van der Waals surface area (Å²) in [6.07, 6.45) is 1.47. The molecule has 10 heteroatoms. The number of carbonyl (C=O) groups excluding carboxylic acids is 4. The number of imide groups is 1. The number of para-hydroxylation sites is 1. The van der Waals surface area contributed by atoms with Crippen LogP contribution in [0.5, 0.6) is 5.75 Å². The van der Waals surface area contributed by atoms with E-state index in [2.05, 4.69) is 5.32 Å². The predicted octanol–water partition coefficient (Wildman–Crippen LogP) is 3.19. The molecule has 2 aromatic carbocycles. The Kier molecular flexibility index (Phi) is 6.98. The largest absolute Gasteiger partial charge is 0.483 e. The van der Waals surface area contributed by atoms with Gasteiger partial charge in [0.05, 0.1) is 4.91 Å². The number of hydrogen-bond acceptors (Lipinski definition) is 6. The standard InChI is InChI=1S/C21H18ClN3O5S/c1-12-6-7-14(9-15(12)22)24-19(27)11-30-16-5-3-2-4-13(16)8-17-20(28)25(10-18(23)26)21(29)31-17/h2-9H,10-11H2,1H3,(H2,23,26)(H,24,27)/b17-8-. The molecule has 2 aromatic rings. The zero-order valence-electron chi connectivity index (χ0n) is 16.4. The van der Waals surface area contributed by atoms with E-state index in [4.69, 9.17) is 22.1 Å². The molecule has 0 radical (unpaired) electrons. The number of anilines is 1. The second kappa shape index (κ2) is 9.67. The molecular formula is C21H18ClN3O5S. The molecule has 0 saturated carbocycles. The predicted molar refractivity (Wildman–Crippen MR) is 119 cm³/mol. The van der Waals surface area contributed by atoms with Crippen molar-refractivity contribution >= 4 is 58.1 Å². The highest BCUT2D eigenvalue weighted by atomic mass is 35.5. The summed E-state index contributed by atoms with van der Waals surface area (Å²) in [5, 5.41) is 2.65. The van der Waals surface area contributed by atoms with Crippen molar-refractivity contribution in [2.45, 2.75) is 6.92 Å². The van der Waals surface area contributed by atoms with E-state index in [0.717, 1.165) is 10.5 Å². The van der Waals surface area contributed by atoms with Crippen LogP contribution in [-0.4, -0.2) is 41.0 Å². The zero-order valence-corrected chi connectivity index (χ0v) is 18.0. The van der Waals surface area contributed by atoms with Crippen LogP contribution in [0.2, 0.25) is 5.02 Å². The molecule has 1 fully saturated rings. The second-order valence-corrected chi connectivity index (χ2v) is 7.97. The molecule has 1 heterocycles. The summed E-state index contributed by atoms with van der Waals surface area (Å²) < 4.78 is 5.61. The normalized spacial score (nSPS) is 14.8. The van der Waals surface area contributed by atoms with Gasteiger partial charge in [0.2, 0.25) is 5.91 Å². The molecule has 0 unspecified atom stereocenters. The number of nitrogens with two attached hydrogens (primary N) is 1. The number of amides is 4. The third-order valence-electron chi connectivity index (χ3n) is 4.21. The molecule has 3 N–H and O–H groups in total. The van der Waals surface area contributed by atoms with Gasteiger partial charge in [-0.2, -0.15) is 0 Å². The number of nitrogens with zero attached hydrogens (tertiary/aromatic N) is 1. The average Bonchev–Trinajstić information content (AvgIpc) is 2.97. The minimum atomic E-state index is -0.784. The monoisotopic (exact) mass is 459 g/mol. The van der Waals surface area contributed by atoms with E-state index in [0.29, 0.717) is 33.8 Å². The number of primary amides is 1. The van der Waals surface area contributed by atoms with E-state index in [1.165, 1.54) is 6.08 Å². The highest BCUT2D eigenvalue weighted by Crippen LogP contribution is 2.33. The van der Waals surface area contributed by atoms with Gasteiger partial charge in [0.15, 0.2) is 6.61 Å². The highest BCUT2D eigenvalue weighted by molar-refractivity contribution is 8.18. The van der Waals surface area contributed by atoms with E-state index in [9.17, 15) is 19.2 Å². The van der Waals surface area contributed by atoms with Crippen molar-refractivity contribution < 1.29 is 23.9 Å². The summed E-state index contributed by atoms with van der Waals surface area (Å²) >= 11 is 6.76. The fourth-order valence-corrected chi connectivity index (χ4v) is 3.69. The Balaban J connectivity index is 1.69. The molecule has 0 bridgehead atoms. The smallest absolute Gasteiger partial charge is 0.294 e. The van der Waals surface area contributed by atoms with Gasteiger partial charge >= 0.3 is 0 Å². The maximum atomic E-state index is 12.4. The third kappa shape index (κ3) is 5.65. The maximum absolute atomic E-state index is 12.4. The number of halogens is 1. The van der Waals surface area contributed by atoms with Crippen molar-refractivity contribution in [3.05, 3.63) is 63.5 Å². The first kappa shape index (κ1) is 22.4. The molecule has 1 aliphatic heterocycles. The van der Waals surface area contributed by atoms with Gasteiger partial charge in [0.25, 0.3) is 17.1 Å². The molecule has 0 spiro atoms. The lowest BCUT2D eigenvalue weighted by molar-refractivity contribution is -0.127. The van der Waals surface area contributed by atoms with Gasteiger partial charge < -0.3 is 15.8 Å². The molecule has 1 aliphatic rings. The first-order valence-corrected chi connectivity index (χ1v) is 10.3. The summed E-state index contributed by atoms with van der Waals surface area (Å²) in [5.74, 6) is -1.44. The Morgan fingerprint density at radius 2 is 1.97 bits per heavy atom. The number of aryl methyl sites for hydroxylation is 1. The summed E-state index contributed by atoms with van der Waals surface area (Å²) in [6.45, 7) is 1.10. The van der Waals surface area contributed by atoms with Crippen LogP contribution in [0.3, 0.4) is 0 Å². The summed E-state index contributed by atoms with van der Waals surface area (Å²) in [7, 11) is 0. The van der Waals surface area contributed by atoms with Crippen molar-refractivity contribution in [1.82, 2.24) is 4.90 Å². The Morgan fingerprint density at radius 1 is 1.23 bits per heavy atom. The van der Waals surface area contributed by atoms with Gasteiger partial charge in [0, 0.05) is 16.3 Å². The molecule has 3 rings (SSSR count). The Hall–Kier alpha value is -3.30. The zero-order chi connectivity index (χ0) is 22.5. The first-order chi connectivity index (χ1) is 14.7. The van der Waals surface area contributed by atoms with Crippen LogP contribution in [0, 0.1) is 6.92 Å². The number of thioether (sulfide) groups is 1. The van der Waals surface area contributed by atoms with Crippen LogP contribution < -0.4 is 15.8 Å². The molecule has 4 amide bonds.